The van der Waals surface area contributed by atoms with Crippen LogP contribution in [0.3, 0.4) is 0 Å². The number of benzene rings is 1. The van der Waals surface area contributed by atoms with Crippen molar-refractivity contribution in [3.63, 3.8) is 0 Å². The fraction of sp³-hybridized carbons (Fsp3) is 0.200. The van der Waals surface area contributed by atoms with Gasteiger partial charge in [0.1, 0.15) is 0 Å². The lowest BCUT2D eigenvalue weighted by Crippen LogP contribution is -2.25. The molecule has 0 aliphatic carbocycles. The van der Waals surface area contributed by atoms with Gasteiger partial charge in [-0.25, -0.2) is 9.18 Å². The lowest BCUT2D eigenvalue weighted by molar-refractivity contribution is -0.152. The molecule has 1 aromatic carbocycles. The molecule has 0 radical (unpaired) electrons. The van der Waals surface area contributed by atoms with Gasteiger partial charge in [-0.2, -0.15) is 0 Å². The van der Waals surface area contributed by atoms with Gasteiger partial charge in [-0.3, -0.25) is 4.79 Å². The smallest absolute Gasteiger partial charge is 0.397 e. The first kappa shape index (κ1) is 12.0. The second-order valence-corrected chi connectivity index (χ2v) is 2.81. The summed E-state index contributed by atoms with van der Waals surface area (Å²) in [5, 5.41) is 11.2. The molecule has 1 amide bonds. The highest BCUT2D eigenvalue weighted by molar-refractivity contribution is 6.37. The first-order valence-corrected chi connectivity index (χ1v) is 4.51. The molecule has 0 heterocycles. The van der Waals surface area contributed by atoms with Crippen molar-refractivity contribution in [2.75, 3.05) is 11.9 Å². The molecule has 0 atom stereocenters. The molecule has 0 unspecified atom stereocenters. The zero-order chi connectivity index (χ0) is 12.1. The molecular formula is C10H10FNO4. The van der Waals surface area contributed by atoms with Crippen molar-refractivity contribution in [1.29, 1.82) is 0 Å². The van der Waals surface area contributed by atoms with Crippen LogP contribution in [0.2, 0.25) is 0 Å². The number of nitrogens with one attached hydrogen (secondary N) is 1. The van der Waals surface area contributed by atoms with E-state index in [4.69, 9.17) is 0 Å². The third-order valence-corrected chi connectivity index (χ3v) is 1.70. The van der Waals surface area contributed by atoms with E-state index in [2.05, 4.69) is 4.74 Å². The fourth-order valence-electron chi connectivity index (χ4n) is 0.986. The Labute approximate surface area is 90.8 Å². The molecule has 2 N–H and O–H groups in total. The van der Waals surface area contributed by atoms with E-state index in [1.807, 2.05) is 5.32 Å². The van der Waals surface area contributed by atoms with Gasteiger partial charge in [-0.1, -0.05) is 6.07 Å². The number of hydrogen-bond donors (Lipinski definition) is 2. The summed E-state index contributed by atoms with van der Waals surface area (Å²) >= 11 is 0. The predicted octanol–water partition coefficient (Wildman–Crippen LogP) is 1.03. The molecular weight excluding hydrogens is 217 g/mol. The number of esters is 1. The van der Waals surface area contributed by atoms with Crippen LogP contribution in [-0.4, -0.2) is 23.6 Å². The minimum atomic E-state index is -1.09. The van der Waals surface area contributed by atoms with Crippen LogP contribution in [0, 0.1) is 5.82 Å². The maximum atomic E-state index is 12.9. The predicted molar refractivity (Wildman–Crippen MR) is 53.3 cm³/mol. The molecule has 0 spiro atoms. The van der Waals surface area contributed by atoms with Crippen LogP contribution in [0.5, 0.6) is 5.75 Å². The molecule has 16 heavy (non-hydrogen) atoms. The Bertz CT molecular complexity index is 419. The Morgan fingerprint density at radius 3 is 2.81 bits per heavy atom. The second kappa shape index (κ2) is 5.11. The molecule has 6 heteroatoms. The number of carbonyl (C=O) groups excluding carboxylic acids is 2. The first-order valence-electron chi connectivity index (χ1n) is 4.51. The second-order valence-electron chi connectivity index (χ2n) is 2.81. The number of phenolic OH excluding ortho intramolecular Hbond substituents is 1. The number of anilines is 1. The number of carbonyl (C=O) groups is 2. The van der Waals surface area contributed by atoms with Gasteiger partial charge < -0.3 is 15.2 Å². The molecule has 0 aliphatic rings. The van der Waals surface area contributed by atoms with Crippen LogP contribution in [0.1, 0.15) is 6.92 Å². The van der Waals surface area contributed by atoms with Gasteiger partial charge in [0.25, 0.3) is 0 Å². The van der Waals surface area contributed by atoms with Crippen molar-refractivity contribution in [2.45, 2.75) is 6.92 Å². The number of rotatable bonds is 2. The number of aromatic hydroxyl groups is 1. The van der Waals surface area contributed by atoms with Crippen molar-refractivity contribution < 1.29 is 23.8 Å². The molecule has 86 valence electrons. The Hall–Kier alpha value is -2.11. The molecule has 0 bridgehead atoms. The van der Waals surface area contributed by atoms with Crippen molar-refractivity contribution in [1.82, 2.24) is 0 Å². The molecule has 1 aromatic rings. The van der Waals surface area contributed by atoms with E-state index < -0.39 is 23.4 Å². The Morgan fingerprint density at radius 2 is 2.19 bits per heavy atom. The normalized spacial score (nSPS) is 9.62. The van der Waals surface area contributed by atoms with Gasteiger partial charge in [0.05, 0.1) is 12.3 Å². The summed E-state index contributed by atoms with van der Waals surface area (Å²) < 4.78 is 17.3. The number of amides is 1. The average molecular weight is 227 g/mol. The van der Waals surface area contributed by atoms with Gasteiger partial charge in [0, 0.05) is 0 Å². The first-order chi connectivity index (χ1) is 7.56. The zero-order valence-corrected chi connectivity index (χ0v) is 8.49. The summed E-state index contributed by atoms with van der Waals surface area (Å²) in [5.74, 6) is -3.77. The molecule has 0 aliphatic heterocycles. The number of halogens is 1. The minimum absolute atomic E-state index is 0.0569. The monoisotopic (exact) mass is 227 g/mol. The van der Waals surface area contributed by atoms with Crippen molar-refractivity contribution in [2.24, 2.45) is 0 Å². The largest absolute Gasteiger partial charge is 0.503 e. The van der Waals surface area contributed by atoms with Crippen LogP contribution < -0.4 is 5.32 Å². The van der Waals surface area contributed by atoms with Crippen LogP contribution in [-0.2, 0) is 14.3 Å². The van der Waals surface area contributed by atoms with E-state index in [0.717, 1.165) is 6.07 Å². The van der Waals surface area contributed by atoms with Crippen LogP contribution in [0.4, 0.5) is 10.1 Å². The lowest BCUT2D eigenvalue weighted by atomic mass is 10.3. The standard InChI is InChI=1S/C10H10FNO4/c1-2-16-10(15)9(14)12-7-5-3-4-6(11)8(7)13/h3-5,13H,2H2,1H3,(H,12,14). The van der Waals surface area contributed by atoms with Gasteiger partial charge >= 0.3 is 11.9 Å². The summed E-state index contributed by atoms with van der Waals surface area (Å²) in [6, 6.07) is 3.57. The van der Waals surface area contributed by atoms with Crippen molar-refractivity contribution in [3.8, 4) is 5.75 Å². The molecule has 5 nitrogen and oxygen atoms in total. The van der Waals surface area contributed by atoms with Gasteiger partial charge in [-0.05, 0) is 19.1 Å². The number of hydrogen-bond acceptors (Lipinski definition) is 4. The minimum Gasteiger partial charge on any atom is -0.503 e. The maximum Gasteiger partial charge on any atom is 0.397 e. The Morgan fingerprint density at radius 1 is 1.50 bits per heavy atom. The summed E-state index contributed by atoms with van der Waals surface area (Å²) in [7, 11) is 0. The van der Waals surface area contributed by atoms with E-state index in [1.54, 1.807) is 6.92 Å². The Kier molecular flexibility index (Phi) is 3.82. The summed E-state index contributed by atoms with van der Waals surface area (Å²) in [6.45, 7) is 1.60. The number of ether oxygens (including phenoxy) is 1. The van der Waals surface area contributed by atoms with Gasteiger partial charge in [-0.15, -0.1) is 0 Å². The summed E-state index contributed by atoms with van der Waals surface area (Å²) in [5.41, 5.74) is -0.182. The van der Waals surface area contributed by atoms with Gasteiger partial charge in [0.2, 0.25) is 0 Å². The van der Waals surface area contributed by atoms with Crippen molar-refractivity contribution in [3.05, 3.63) is 24.0 Å². The third kappa shape index (κ3) is 2.69. The topological polar surface area (TPSA) is 75.6 Å². The van der Waals surface area contributed by atoms with Gasteiger partial charge in [0.15, 0.2) is 11.6 Å². The molecule has 1 rings (SSSR count). The molecule has 0 saturated carbocycles. The maximum absolute atomic E-state index is 12.9. The number of phenols is 1. The summed E-state index contributed by atoms with van der Waals surface area (Å²) in [6.07, 6.45) is 0. The molecule has 0 aromatic heterocycles. The Balaban J connectivity index is 2.77. The highest BCUT2D eigenvalue weighted by Crippen LogP contribution is 2.25. The van der Waals surface area contributed by atoms with E-state index in [0.29, 0.717) is 0 Å². The molecule has 0 fully saturated rings. The van der Waals surface area contributed by atoms with Crippen LogP contribution in [0.25, 0.3) is 0 Å². The number of para-hydroxylation sites is 1. The van der Waals surface area contributed by atoms with Crippen LogP contribution >= 0.6 is 0 Å². The van der Waals surface area contributed by atoms with E-state index in [1.165, 1.54) is 12.1 Å². The fourth-order valence-corrected chi connectivity index (χ4v) is 0.986. The highest BCUT2D eigenvalue weighted by Gasteiger charge is 2.17. The van der Waals surface area contributed by atoms with E-state index in [-0.39, 0.29) is 12.3 Å². The highest BCUT2D eigenvalue weighted by atomic mass is 19.1. The summed E-state index contributed by atoms with van der Waals surface area (Å²) in [4.78, 5) is 22.1. The zero-order valence-electron chi connectivity index (χ0n) is 8.49. The van der Waals surface area contributed by atoms with E-state index in [9.17, 15) is 19.1 Å². The van der Waals surface area contributed by atoms with Crippen LogP contribution in [0.15, 0.2) is 18.2 Å². The third-order valence-electron chi connectivity index (χ3n) is 1.70. The lowest BCUT2D eigenvalue weighted by Gasteiger charge is -2.06. The molecule has 0 saturated heterocycles. The SMILES string of the molecule is CCOC(=O)C(=O)Nc1cccc(F)c1O. The quantitative estimate of drug-likeness (QED) is 0.449. The average Bonchev–Trinajstić information content (AvgIpc) is 2.25. The van der Waals surface area contributed by atoms with E-state index >= 15 is 0 Å². The van der Waals surface area contributed by atoms with Crippen molar-refractivity contribution >= 4 is 17.6 Å².